The smallest absolute Gasteiger partial charge is 0.243 e. The van der Waals surface area contributed by atoms with E-state index in [1.165, 1.54) is 29.1 Å². The molecular weight excluding hydrogens is 431 g/mol. The predicted octanol–water partition coefficient (Wildman–Crippen LogP) is 3.43. The third kappa shape index (κ3) is 4.81. The lowest BCUT2D eigenvalue weighted by molar-refractivity contribution is -0.126. The standard InChI is InChI=1S/C24H29FN2O4S/c1-31-23-9-6-17(14-22(23)25)16-26-24(28)19-10-12-27(13-11-19)32(29,30)21-8-7-18-4-2-3-5-20(18)15-21/h6-9,14-15,19H,2-5,10-13,16H2,1H3,(H,26,28). The van der Waals surface area contributed by atoms with Crippen molar-refractivity contribution in [3.05, 3.63) is 58.9 Å². The molecule has 2 aliphatic rings. The molecule has 0 bridgehead atoms. The van der Waals surface area contributed by atoms with E-state index in [2.05, 4.69) is 5.32 Å². The Balaban J connectivity index is 1.33. The van der Waals surface area contributed by atoms with Gasteiger partial charge in [0.2, 0.25) is 15.9 Å². The van der Waals surface area contributed by atoms with Crippen LogP contribution in [0.2, 0.25) is 0 Å². The SMILES string of the molecule is COc1ccc(CNC(=O)C2CCN(S(=O)(=O)c3ccc4c(c3)CCCC4)CC2)cc1F. The molecule has 32 heavy (non-hydrogen) atoms. The molecule has 172 valence electrons. The van der Waals surface area contributed by atoms with Gasteiger partial charge in [-0.1, -0.05) is 12.1 Å². The van der Waals surface area contributed by atoms with Gasteiger partial charge in [0.05, 0.1) is 12.0 Å². The fourth-order valence-electron chi connectivity index (χ4n) is 4.53. The van der Waals surface area contributed by atoms with Crippen molar-refractivity contribution in [2.75, 3.05) is 20.2 Å². The van der Waals surface area contributed by atoms with E-state index in [0.717, 1.165) is 31.2 Å². The second-order valence-corrected chi connectivity index (χ2v) is 10.4. The number of aryl methyl sites for hydroxylation is 2. The van der Waals surface area contributed by atoms with Crippen LogP contribution in [0, 0.1) is 11.7 Å². The second-order valence-electron chi connectivity index (χ2n) is 8.50. The zero-order valence-electron chi connectivity index (χ0n) is 18.3. The Morgan fingerprint density at radius 3 is 2.50 bits per heavy atom. The molecule has 6 nitrogen and oxygen atoms in total. The molecule has 1 aliphatic heterocycles. The van der Waals surface area contributed by atoms with Gasteiger partial charge in [-0.3, -0.25) is 4.79 Å². The number of benzene rings is 2. The van der Waals surface area contributed by atoms with Crippen molar-refractivity contribution in [1.82, 2.24) is 9.62 Å². The minimum Gasteiger partial charge on any atom is -0.494 e. The molecule has 0 spiro atoms. The molecule has 4 rings (SSSR count). The molecule has 8 heteroatoms. The van der Waals surface area contributed by atoms with E-state index in [0.29, 0.717) is 36.4 Å². The number of carbonyl (C=O) groups is 1. The Hall–Kier alpha value is -2.45. The van der Waals surface area contributed by atoms with E-state index < -0.39 is 15.8 Å². The third-order valence-corrected chi connectivity index (χ3v) is 8.36. The van der Waals surface area contributed by atoms with E-state index in [1.54, 1.807) is 12.1 Å². The molecule has 1 aliphatic carbocycles. The van der Waals surface area contributed by atoms with Crippen molar-refractivity contribution in [2.45, 2.75) is 50.0 Å². The van der Waals surface area contributed by atoms with E-state index >= 15 is 0 Å². The van der Waals surface area contributed by atoms with Gasteiger partial charge in [0, 0.05) is 25.6 Å². The molecule has 1 N–H and O–H groups in total. The van der Waals surface area contributed by atoms with E-state index in [4.69, 9.17) is 4.74 Å². The van der Waals surface area contributed by atoms with Crippen LogP contribution in [0.1, 0.15) is 42.4 Å². The minimum absolute atomic E-state index is 0.132. The number of carbonyl (C=O) groups excluding carboxylic acids is 1. The number of fused-ring (bicyclic) bond motifs is 1. The number of sulfonamides is 1. The summed E-state index contributed by atoms with van der Waals surface area (Å²) in [6.07, 6.45) is 5.13. The first-order chi connectivity index (χ1) is 15.4. The molecule has 1 saturated heterocycles. The number of nitrogens with one attached hydrogen (secondary N) is 1. The first-order valence-corrected chi connectivity index (χ1v) is 12.5. The highest BCUT2D eigenvalue weighted by Gasteiger charge is 2.32. The molecule has 1 heterocycles. The van der Waals surface area contributed by atoms with Crippen LogP contribution in [0.5, 0.6) is 5.75 Å². The van der Waals surface area contributed by atoms with Crippen LogP contribution in [0.15, 0.2) is 41.3 Å². The van der Waals surface area contributed by atoms with Gasteiger partial charge >= 0.3 is 0 Å². The minimum atomic E-state index is -3.56. The van der Waals surface area contributed by atoms with Crippen LogP contribution < -0.4 is 10.1 Å². The first-order valence-electron chi connectivity index (χ1n) is 11.1. The van der Waals surface area contributed by atoms with E-state index in [9.17, 15) is 17.6 Å². The van der Waals surface area contributed by atoms with Gasteiger partial charge in [0.1, 0.15) is 0 Å². The maximum absolute atomic E-state index is 13.8. The number of rotatable bonds is 6. The van der Waals surface area contributed by atoms with Crippen molar-refractivity contribution in [3.8, 4) is 5.75 Å². The van der Waals surface area contributed by atoms with Crippen LogP contribution in [0.3, 0.4) is 0 Å². The van der Waals surface area contributed by atoms with Gasteiger partial charge in [0.15, 0.2) is 11.6 Å². The monoisotopic (exact) mass is 460 g/mol. The summed E-state index contributed by atoms with van der Waals surface area (Å²) in [6, 6.07) is 10.1. The molecule has 0 radical (unpaired) electrons. The zero-order valence-corrected chi connectivity index (χ0v) is 19.1. The first kappa shape index (κ1) is 22.7. The average molecular weight is 461 g/mol. The van der Waals surface area contributed by atoms with Gasteiger partial charge in [-0.2, -0.15) is 4.31 Å². The highest BCUT2D eigenvalue weighted by atomic mass is 32.2. The van der Waals surface area contributed by atoms with Crippen LogP contribution in [0.25, 0.3) is 0 Å². The zero-order chi connectivity index (χ0) is 22.7. The van der Waals surface area contributed by atoms with Crippen molar-refractivity contribution in [2.24, 2.45) is 5.92 Å². The molecule has 1 amide bonds. The normalized spacial score (nSPS) is 17.6. The molecule has 0 unspecified atom stereocenters. The van der Waals surface area contributed by atoms with Gasteiger partial charge in [-0.15, -0.1) is 0 Å². The number of hydrogen-bond acceptors (Lipinski definition) is 4. The number of amides is 1. The molecule has 0 aromatic heterocycles. The van der Waals surface area contributed by atoms with E-state index in [-0.39, 0.29) is 24.1 Å². The summed E-state index contributed by atoms with van der Waals surface area (Å²) >= 11 is 0. The number of hydrogen-bond donors (Lipinski definition) is 1. The van der Waals surface area contributed by atoms with Crippen molar-refractivity contribution < 1.29 is 22.3 Å². The van der Waals surface area contributed by atoms with Crippen molar-refractivity contribution >= 4 is 15.9 Å². The molecule has 0 atom stereocenters. The Bertz CT molecular complexity index is 1100. The van der Waals surface area contributed by atoms with Gasteiger partial charge in [-0.25, -0.2) is 12.8 Å². The van der Waals surface area contributed by atoms with Gasteiger partial charge < -0.3 is 10.1 Å². The largest absolute Gasteiger partial charge is 0.494 e. The quantitative estimate of drug-likeness (QED) is 0.717. The highest BCUT2D eigenvalue weighted by molar-refractivity contribution is 7.89. The van der Waals surface area contributed by atoms with Crippen LogP contribution in [-0.4, -0.2) is 38.8 Å². The topological polar surface area (TPSA) is 75.7 Å². The average Bonchev–Trinajstić information content (AvgIpc) is 2.82. The number of methoxy groups -OCH3 is 1. The predicted molar refractivity (Wildman–Crippen MR) is 119 cm³/mol. The fourth-order valence-corrected chi connectivity index (χ4v) is 6.05. The van der Waals surface area contributed by atoms with Crippen LogP contribution in [-0.2, 0) is 34.2 Å². The van der Waals surface area contributed by atoms with Crippen LogP contribution >= 0.6 is 0 Å². The third-order valence-electron chi connectivity index (χ3n) is 6.47. The van der Waals surface area contributed by atoms with Crippen LogP contribution in [0.4, 0.5) is 4.39 Å². The number of piperidine rings is 1. The summed E-state index contributed by atoms with van der Waals surface area (Å²) < 4.78 is 46.5. The number of ether oxygens (including phenoxy) is 1. The summed E-state index contributed by atoms with van der Waals surface area (Å²) in [5.74, 6) is -0.701. The summed E-state index contributed by atoms with van der Waals surface area (Å²) in [6.45, 7) is 0.844. The summed E-state index contributed by atoms with van der Waals surface area (Å²) in [5, 5.41) is 2.84. The Labute approximate surface area is 188 Å². The number of halogens is 1. The Morgan fingerprint density at radius 2 is 1.81 bits per heavy atom. The maximum Gasteiger partial charge on any atom is 0.243 e. The Morgan fingerprint density at radius 1 is 1.09 bits per heavy atom. The summed E-state index contributed by atoms with van der Waals surface area (Å²) in [7, 11) is -2.16. The van der Waals surface area contributed by atoms with Gasteiger partial charge in [0.25, 0.3) is 0 Å². The molecule has 1 fully saturated rings. The fraction of sp³-hybridized carbons (Fsp3) is 0.458. The maximum atomic E-state index is 13.8. The summed E-state index contributed by atoms with van der Waals surface area (Å²) in [4.78, 5) is 12.9. The lowest BCUT2D eigenvalue weighted by Crippen LogP contribution is -2.42. The lowest BCUT2D eigenvalue weighted by atomic mass is 9.92. The molecule has 2 aromatic carbocycles. The molecule has 0 saturated carbocycles. The van der Waals surface area contributed by atoms with E-state index in [1.807, 2.05) is 12.1 Å². The van der Waals surface area contributed by atoms with Gasteiger partial charge in [-0.05, 0) is 79.5 Å². The molecule has 2 aromatic rings. The summed E-state index contributed by atoms with van der Waals surface area (Å²) in [5.41, 5.74) is 3.04. The highest BCUT2D eigenvalue weighted by Crippen LogP contribution is 2.28. The van der Waals surface area contributed by atoms with Crippen molar-refractivity contribution in [1.29, 1.82) is 0 Å². The Kier molecular flexibility index (Phi) is 6.81. The number of nitrogens with zero attached hydrogens (tertiary/aromatic N) is 1. The van der Waals surface area contributed by atoms with Crippen molar-refractivity contribution in [3.63, 3.8) is 0 Å². The lowest BCUT2D eigenvalue weighted by Gasteiger charge is -2.31. The molecular formula is C24H29FN2O4S. The second kappa shape index (κ2) is 9.58.